The van der Waals surface area contributed by atoms with Gasteiger partial charge < -0.3 is 9.30 Å². The van der Waals surface area contributed by atoms with Crippen molar-refractivity contribution in [2.45, 2.75) is 20.8 Å². The number of hydrogen-bond acceptors (Lipinski definition) is 4. The molecule has 0 aliphatic heterocycles. The van der Waals surface area contributed by atoms with Crippen LogP contribution in [0.3, 0.4) is 0 Å². The Balaban J connectivity index is 2.76. The van der Waals surface area contributed by atoms with Crippen LogP contribution < -0.4 is 5.56 Å². The minimum atomic E-state index is -0.678. The van der Waals surface area contributed by atoms with Gasteiger partial charge in [-0.3, -0.25) is 4.79 Å². The molecule has 0 bridgehead atoms. The van der Waals surface area contributed by atoms with Crippen LogP contribution in [0, 0.1) is 13.8 Å². The topological polar surface area (TPSA) is 61.2 Å². The van der Waals surface area contributed by atoms with E-state index in [2.05, 4.69) is 4.98 Å². The molecular formula is C14H16N2O3. The summed E-state index contributed by atoms with van der Waals surface area (Å²) in [4.78, 5) is 28.0. The molecule has 0 N–H and O–H groups in total. The van der Waals surface area contributed by atoms with Gasteiger partial charge in [-0.05, 0) is 44.0 Å². The highest BCUT2D eigenvalue weighted by Crippen LogP contribution is 2.16. The summed E-state index contributed by atoms with van der Waals surface area (Å²) in [5, 5.41) is 0. The summed E-state index contributed by atoms with van der Waals surface area (Å²) >= 11 is 0. The van der Waals surface area contributed by atoms with Crippen molar-refractivity contribution in [3.63, 3.8) is 0 Å². The van der Waals surface area contributed by atoms with E-state index in [0.29, 0.717) is 11.0 Å². The molecule has 1 aromatic carbocycles. The highest BCUT2D eigenvalue weighted by atomic mass is 16.5. The van der Waals surface area contributed by atoms with Crippen LogP contribution in [0.2, 0.25) is 0 Å². The summed E-state index contributed by atoms with van der Waals surface area (Å²) in [6, 6.07) is 3.76. The van der Waals surface area contributed by atoms with E-state index in [9.17, 15) is 9.59 Å². The van der Waals surface area contributed by atoms with Gasteiger partial charge in [-0.25, -0.2) is 9.78 Å². The largest absolute Gasteiger partial charge is 0.461 e. The van der Waals surface area contributed by atoms with Gasteiger partial charge in [0.05, 0.1) is 17.6 Å². The molecule has 2 aromatic rings. The molecule has 0 radical (unpaired) electrons. The molecule has 0 saturated carbocycles. The summed E-state index contributed by atoms with van der Waals surface area (Å²) in [7, 11) is 1.63. The quantitative estimate of drug-likeness (QED) is 0.771. The van der Waals surface area contributed by atoms with Crippen LogP contribution in [-0.2, 0) is 11.8 Å². The number of aromatic nitrogens is 2. The van der Waals surface area contributed by atoms with Gasteiger partial charge in [-0.15, -0.1) is 0 Å². The van der Waals surface area contributed by atoms with E-state index < -0.39 is 11.5 Å². The fraction of sp³-hybridized carbons (Fsp3) is 0.357. The minimum absolute atomic E-state index is 0.167. The van der Waals surface area contributed by atoms with Gasteiger partial charge in [-0.1, -0.05) is 0 Å². The molecule has 0 spiro atoms. The predicted octanol–water partition coefficient (Wildman–Crippen LogP) is 1.73. The standard InChI is InChI=1S/C14H16N2O3/c1-5-19-14(18)12-13(17)16(4)11-7-9(3)8(2)6-10(11)15-12/h6-7H,5H2,1-4H3. The predicted molar refractivity (Wildman–Crippen MR) is 72.4 cm³/mol. The molecule has 5 nitrogen and oxygen atoms in total. The third kappa shape index (κ3) is 2.23. The fourth-order valence-electron chi connectivity index (χ4n) is 1.91. The van der Waals surface area contributed by atoms with Gasteiger partial charge >= 0.3 is 5.97 Å². The zero-order valence-corrected chi connectivity index (χ0v) is 11.5. The van der Waals surface area contributed by atoms with E-state index in [1.54, 1.807) is 14.0 Å². The van der Waals surface area contributed by atoms with Gasteiger partial charge in [0.15, 0.2) is 0 Å². The van der Waals surface area contributed by atoms with Crippen LogP contribution in [-0.4, -0.2) is 22.1 Å². The Hall–Kier alpha value is -2.17. The lowest BCUT2D eigenvalue weighted by molar-refractivity contribution is 0.0517. The van der Waals surface area contributed by atoms with Gasteiger partial charge in [-0.2, -0.15) is 0 Å². The minimum Gasteiger partial charge on any atom is -0.461 e. The van der Waals surface area contributed by atoms with Gasteiger partial charge in [0.25, 0.3) is 5.56 Å². The molecule has 0 unspecified atom stereocenters. The second-order valence-electron chi connectivity index (χ2n) is 4.47. The number of aryl methyl sites for hydroxylation is 3. The number of carbonyl (C=O) groups excluding carboxylic acids is 1. The van der Waals surface area contributed by atoms with Gasteiger partial charge in [0, 0.05) is 7.05 Å². The van der Waals surface area contributed by atoms with Crippen LogP contribution in [0.25, 0.3) is 11.0 Å². The number of hydrogen-bond donors (Lipinski definition) is 0. The molecule has 0 fully saturated rings. The van der Waals surface area contributed by atoms with E-state index in [-0.39, 0.29) is 12.3 Å². The maximum absolute atomic E-state index is 12.1. The molecular weight excluding hydrogens is 244 g/mol. The van der Waals surface area contributed by atoms with Crippen molar-refractivity contribution in [3.05, 3.63) is 39.3 Å². The zero-order valence-electron chi connectivity index (χ0n) is 11.5. The first-order valence-corrected chi connectivity index (χ1v) is 6.10. The first-order valence-electron chi connectivity index (χ1n) is 6.10. The zero-order chi connectivity index (χ0) is 14.2. The van der Waals surface area contributed by atoms with E-state index >= 15 is 0 Å². The molecule has 0 saturated heterocycles. The van der Waals surface area contributed by atoms with Gasteiger partial charge in [0.1, 0.15) is 0 Å². The lowest BCUT2D eigenvalue weighted by Crippen LogP contribution is -2.27. The maximum Gasteiger partial charge on any atom is 0.362 e. The average Bonchev–Trinajstić information content (AvgIpc) is 2.36. The number of ether oxygens (including phenoxy) is 1. The van der Waals surface area contributed by atoms with Crippen LogP contribution in [0.5, 0.6) is 0 Å². The molecule has 1 heterocycles. The number of nitrogens with zero attached hydrogens (tertiary/aromatic N) is 2. The smallest absolute Gasteiger partial charge is 0.362 e. The molecule has 19 heavy (non-hydrogen) atoms. The Kier molecular flexibility index (Phi) is 3.38. The van der Waals surface area contributed by atoms with E-state index in [1.165, 1.54) is 4.57 Å². The summed E-state index contributed by atoms with van der Waals surface area (Å²) in [5.41, 5.74) is 2.87. The Labute approximate surface area is 110 Å². The Bertz CT molecular complexity index is 717. The summed E-state index contributed by atoms with van der Waals surface area (Å²) in [6.45, 7) is 5.84. The van der Waals surface area contributed by atoms with E-state index in [1.807, 2.05) is 26.0 Å². The van der Waals surface area contributed by atoms with Crippen LogP contribution in [0.15, 0.2) is 16.9 Å². The number of benzene rings is 1. The molecule has 0 aliphatic carbocycles. The second-order valence-corrected chi connectivity index (χ2v) is 4.47. The van der Waals surface area contributed by atoms with Crippen molar-refractivity contribution >= 4 is 17.0 Å². The summed E-state index contributed by atoms with van der Waals surface area (Å²) < 4.78 is 6.28. The molecule has 0 aliphatic rings. The Morgan fingerprint density at radius 2 is 1.95 bits per heavy atom. The Morgan fingerprint density at radius 1 is 1.32 bits per heavy atom. The maximum atomic E-state index is 12.1. The van der Waals surface area contributed by atoms with Crippen molar-refractivity contribution in [2.24, 2.45) is 7.05 Å². The molecule has 100 valence electrons. The lowest BCUT2D eigenvalue weighted by atomic mass is 10.1. The molecule has 5 heteroatoms. The highest BCUT2D eigenvalue weighted by Gasteiger charge is 2.17. The number of rotatable bonds is 2. The van der Waals surface area contributed by atoms with Crippen LogP contribution in [0.1, 0.15) is 28.5 Å². The van der Waals surface area contributed by atoms with Crippen LogP contribution in [0.4, 0.5) is 0 Å². The van der Waals surface area contributed by atoms with Crippen LogP contribution >= 0.6 is 0 Å². The van der Waals surface area contributed by atoms with Crippen molar-refractivity contribution in [1.82, 2.24) is 9.55 Å². The number of esters is 1. The molecule has 0 amide bonds. The third-order valence-electron chi connectivity index (χ3n) is 3.16. The number of fused-ring (bicyclic) bond motifs is 1. The van der Waals surface area contributed by atoms with Crippen molar-refractivity contribution < 1.29 is 9.53 Å². The first kappa shape index (κ1) is 13.3. The van der Waals surface area contributed by atoms with Gasteiger partial charge in [0.2, 0.25) is 5.69 Å². The normalized spacial score (nSPS) is 10.7. The first-order chi connectivity index (χ1) is 8.95. The van der Waals surface area contributed by atoms with E-state index in [0.717, 1.165) is 11.1 Å². The highest BCUT2D eigenvalue weighted by molar-refractivity contribution is 5.89. The average molecular weight is 260 g/mol. The molecule has 2 rings (SSSR count). The Morgan fingerprint density at radius 3 is 2.58 bits per heavy atom. The van der Waals surface area contributed by atoms with Crippen molar-refractivity contribution in [1.29, 1.82) is 0 Å². The second kappa shape index (κ2) is 4.84. The molecule has 0 atom stereocenters. The third-order valence-corrected chi connectivity index (χ3v) is 3.16. The van der Waals surface area contributed by atoms with Crippen molar-refractivity contribution in [3.8, 4) is 0 Å². The monoisotopic (exact) mass is 260 g/mol. The SMILES string of the molecule is CCOC(=O)c1nc2cc(C)c(C)cc2n(C)c1=O. The van der Waals surface area contributed by atoms with Crippen molar-refractivity contribution in [2.75, 3.05) is 6.61 Å². The molecule has 1 aromatic heterocycles. The van der Waals surface area contributed by atoms with E-state index in [4.69, 9.17) is 4.74 Å². The number of carbonyl (C=O) groups is 1. The lowest BCUT2D eigenvalue weighted by Gasteiger charge is -2.09. The summed E-state index contributed by atoms with van der Waals surface area (Å²) in [5.74, 6) is -0.678. The summed E-state index contributed by atoms with van der Waals surface area (Å²) in [6.07, 6.45) is 0. The fourth-order valence-corrected chi connectivity index (χ4v) is 1.91.